The van der Waals surface area contributed by atoms with Crippen LogP contribution in [0.15, 0.2) is 48.7 Å². The van der Waals surface area contributed by atoms with Gasteiger partial charge in [0.05, 0.1) is 16.9 Å². The fourth-order valence-electron chi connectivity index (χ4n) is 2.97. The minimum atomic E-state index is -1.69. The number of carbonyl (C=O) groups excluding carboxylic acids is 2. The van der Waals surface area contributed by atoms with E-state index in [1.807, 2.05) is 0 Å². The van der Waals surface area contributed by atoms with Crippen LogP contribution in [-0.4, -0.2) is 36.5 Å². The molecule has 2 aromatic carbocycles. The standard InChI is InChI=1S/C24H19Cl2F2N2O3.K/c1-24(2,28)13-33-20-10-15(16-9-14(12-31)7-8-17(16)25)11-29-22(20)30(3)23(32)21-18(26)5-4-6-19(21)27;/h4-11H,13H2,1-3H3;/q-1;+1. The third-order valence-electron chi connectivity index (χ3n) is 4.60. The maximum Gasteiger partial charge on any atom is 1.00 e. The van der Waals surface area contributed by atoms with Crippen LogP contribution in [0.2, 0.25) is 10.0 Å². The van der Waals surface area contributed by atoms with Crippen LogP contribution in [0.25, 0.3) is 11.1 Å². The molecule has 0 atom stereocenters. The van der Waals surface area contributed by atoms with E-state index in [4.69, 9.17) is 27.9 Å². The van der Waals surface area contributed by atoms with Gasteiger partial charge in [-0.2, -0.15) is 17.7 Å². The van der Waals surface area contributed by atoms with Crippen molar-refractivity contribution in [2.75, 3.05) is 18.6 Å². The number of hydrogen-bond donors (Lipinski definition) is 0. The van der Waals surface area contributed by atoms with Gasteiger partial charge < -0.3 is 9.53 Å². The van der Waals surface area contributed by atoms with Gasteiger partial charge >= 0.3 is 51.4 Å². The SMILES string of the molecule is CN(C(=O)c1c(F)cccc1Cl)c1ncc(-c2cc([C-]=O)ccc2Cl)cc1OCC(C)(C)F.[K+]. The Hall–Kier alpha value is -1.39. The summed E-state index contributed by atoms with van der Waals surface area (Å²) in [5, 5.41) is 0.271. The van der Waals surface area contributed by atoms with Crippen molar-refractivity contribution in [3.8, 4) is 16.9 Å². The third kappa shape index (κ3) is 6.84. The summed E-state index contributed by atoms with van der Waals surface area (Å²) in [6, 6.07) is 9.96. The number of ether oxygens (including phenoxy) is 1. The predicted molar refractivity (Wildman–Crippen MR) is 124 cm³/mol. The molecule has 172 valence electrons. The number of pyridine rings is 1. The van der Waals surface area contributed by atoms with E-state index in [0.717, 1.165) is 11.0 Å². The summed E-state index contributed by atoms with van der Waals surface area (Å²) in [7, 11) is 1.37. The topological polar surface area (TPSA) is 59.5 Å². The van der Waals surface area contributed by atoms with Gasteiger partial charge in [0.25, 0.3) is 5.91 Å². The average Bonchev–Trinajstić information content (AvgIpc) is 2.76. The van der Waals surface area contributed by atoms with E-state index in [1.54, 1.807) is 6.29 Å². The van der Waals surface area contributed by atoms with Gasteiger partial charge in [-0.1, -0.05) is 40.9 Å². The van der Waals surface area contributed by atoms with Gasteiger partial charge in [0.15, 0.2) is 11.6 Å². The second-order valence-electron chi connectivity index (χ2n) is 7.81. The molecule has 3 rings (SSSR count). The molecule has 5 nitrogen and oxygen atoms in total. The molecule has 3 aromatic rings. The van der Waals surface area contributed by atoms with Crippen LogP contribution in [0.1, 0.15) is 29.8 Å². The van der Waals surface area contributed by atoms with Crippen molar-refractivity contribution in [1.29, 1.82) is 0 Å². The average molecular weight is 531 g/mol. The molecule has 1 amide bonds. The van der Waals surface area contributed by atoms with E-state index in [9.17, 15) is 18.4 Å². The van der Waals surface area contributed by atoms with Crippen molar-refractivity contribution in [1.82, 2.24) is 4.98 Å². The molecule has 0 unspecified atom stereocenters. The summed E-state index contributed by atoms with van der Waals surface area (Å²) in [5.74, 6) is -1.49. The van der Waals surface area contributed by atoms with E-state index in [2.05, 4.69) is 4.98 Å². The molecular weight excluding hydrogens is 512 g/mol. The molecular formula is C24H19Cl2F2KN2O3. The fourth-order valence-corrected chi connectivity index (χ4v) is 3.44. The number of halogens is 4. The van der Waals surface area contributed by atoms with Crippen molar-refractivity contribution < 1.29 is 74.5 Å². The van der Waals surface area contributed by atoms with E-state index < -0.39 is 17.4 Å². The predicted octanol–water partition coefficient (Wildman–Crippen LogP) is 3.06. The van der Waals surface area contributed by atoms with Crippen molar-refractivity contribution in [2.45, 2.75) is 19.5 Å². The normalized spacial score (nSPS) is 10.9. The number of benzene rings is 2. The van der Waals surface area contributed by atoms with Crippen LogP contribution in [0.3, 0.4) is 0 Å². The van der Waals surface area contributed by atoms with Gasteiger partial charge in [-0.15, -0.1) is 0 Å². The van der Waals surface area contributed by atoms with Gasteiger partial charge in [0.1, 0.15) is 18.1 Å². The minimum absolute atomic E-state index is 0. The number of amides is 1. The first-order valence-corrected chi connectivity index (χ1v) is 10.5. The summed E-state index contributed by atoms with van der Waals surface area (Å²) in [6.45, 7) is 2.32. The van der Waals surface area contributed by atoms with E-state index >= 15 is 0 Å². The first-order valence-electron chi connectivity index (χ1n) is 9.73. The van der Waals surface area contributed by atoms with Crippen LogP contribution in [-0.2, 0) is 4.79 Å². The number of alkyl halides is 1. The molecule has 0 spiro atoms. The fraction of sp³-hybridized carbons (Fsp3) is 0.208. The Morgan fingerprint density at radius 2 is 1.88 bits per heavy atom. The summed E-state index contributed by atoms with van der Waals surface area (Å²) in [5.41, 5.74) is -0.826. The molecule has 0 aliphatic carbocycles. The molecule has 0 radical (unpaired) electrons. The van der Waals surface area contributed by atoms with Crippen molar-refractivity contribution in [3.05, 3.63) is 75.7 Å². The zero-order valence-corrected chi connectivity index (χ0v) is 23.6. The van der Waals surface area contributed by atoms with Crippen LogP contribution in [0, 0.1) is 5.82 Å². The van der Waals surface area contributed by atoms with Gasteiger partial charge in [-0.05, 0) is 37.6 Å². The molecule has 1 heterocycles. The maximum atomic E-state index is 14.3. The molecule has 0 fully saturated rings. The summed E-state index contributed by atoms with van der Waals surface area (Å²) < 4.78 is 34.1. The van der Waals surface area contributed by atoms with Crippen LogP contribution in [0.5, 0.6) is 5.75 Å². The van der Waals surface area contributed by atoms with Crippen LogP contribution >= 0.6 is 23.2 Å². The Balaban J connectivity index is 0.00000408. The van der Waals surface area contributed by atoms with E-state index in [0.29, 0.717) is 16.1 Å². The number of carbonyl (C=O) groups is 1. The van der Waals surface area contributed by atoms with Crippen molar-refractivity contribution in [2.24, 2.45) is 0 Å². The molecule has 34 heavy (non-hydrogen) atoms. The Morgan fingerprint density at radius 3 is 2.50 bits per heavy atom. The van der Waals surface area contributed by atoms with Crippen molar-refractivity contribution in [3.63, 3.8) is 0 Å². The van der Waals surface area contributed by atoms with Gasteiger partial charge in [-0.25, -0.2) is 13.8 Å². The molecule has 0 saturated heterocycles. The number of hydrogen-bond acceptors (Lipinski definition) is 4. The van der Waals surface area contributed by atoms with Gasteiger partial charge in [0, 0.05) is 18.3 Å². The first-order chi connectivity index (χ1) is 15.5. The number of rotatable bonds is 7. The smallest absolute Gasteiger partial charge is 0.486 e. The first kappa shape index (κ1) is 28.8. The molecule has 0 saturated carbocycles. The minimum Gasteiger partial charge on any atom is -0.486 e. The molecule has 10 heteroatoms. The summed E-state index contributed by atoms with van der Waals surface area (Å²) in [6.07, 6.45) is 3.19. The zero-order chi connectivity index (χ0) is 24.3. The Kier molecular flexibility index (Phi) is 10.2. The summed E-state index contributed by atoms with van der Waals surface area (Å²) in [4.78, 5) is 29.4. The quantitative estimate of drug-likeness (QED) is 0.348. The number of aromatic nitrogens is 1. The molecule has 0 N–H and O–H groups in total. The monoisotopic (exact) mass is 530 g/mol. The van der Waals surface area contributed by atoms with Crippen LogP contribution < -0.4 is 61.0 Å². The molecule has 0 bridgehead atoms. The summed E-state index contributed by atoms with van der Waals surface area (Å²) >= 11 is 12.3. The number of anilines is 1. The van der Waals surface area contributed by atoms with Crippen molar-refractivity contribution >= 4 is 41.2 Å². The third-order valence-corrected chi connectivity index (χ3v) is 5.24. The molecule has 0 aliphatic heterocycles. The van der Waals surface area contributed by atoms with E-state index in [1.165, 1.54) is 63.5 Å². The second-order valence-corrected chi connectivity index (χ2v) is 8.63. The zero-order valence-electron chi connectivity index (χ0n) is 19.0. The molecule has 1 aromatic heterocycles. The second kappa shape index (κ2) is 12.0. The Bertz CT molecular complexity index is 1200. The largest absolute Gasteiger partial charge is 1.00 e. The Labute approximate surface area is 248 Å². The number of nitrogens with zero attached hydrogens (tertiary/aromatic N) is 2. The van der Waals surface area contributed by atoms with E-state index in [-0.39, 0.29) is 85.7 Å². The molecule has 0 aliphatic rings. The van der Waals surface area contributed by atoms with Gasteiger partial charge in [-0.3, -0.25) is 9.69 Å². The van der Waals surface area contributed by atoms with Crippen LogP contribution in [0.4, 0.5) is 14.6 Å². The Morgan fingerprint density at radius 1 is 1.18 bits per heavy atom. The maximum absolute atomic E-state index is 14.3. The van der Waals surface area contributed by atoms with Gasteiger partial charge in [0.2, 0.25) is 0 Å².